The minimum absolute atomic E-state index is 0.0504. The van der Waals surface area contributed by atoms with E-state index in [0.717, 1.165) is 30.9 Å². The molecule has 270 valence electrons. The van der Waals surface area contributed by atoms with Crippen molar-refractivity contribution in [2.75, 3.05) is 6.54 Å². The third-order valence-corrected chi connectivity index (χ3v) is 9.29. The number of aliphatic hydroxyl groups excluding tert-OH is 1. The molecule has 1 saturated carbocycles. The topological polar surface area (TPSA) is 141 Å². The maximum absolute atomic E-state index is 14.6. The van der Waals surface area contributed by atoms with Gasteiger partial charge in [-0.05, 0) is 85.5 Å². The molecule has 2 aliphatic rings. The fourth-order valence-electron chi connectivity index (χ4n) is 6.38. The Hall–Kier alpha value is -3.84. The van der Waals surface area contributed by atoms with Crippen molar-refractivity contribution in [2.24, 2.45) is 37.7 Å². The van der Waals surface area contributed by atoms with Crippen molar-refractivity contribution in [1.82, 2.24) is 20.7 Å². The highest BCUT2D eigenvalue weighted by Crippen LogP contribution is 2.48. The van der Waals surface area contributed by atoms with E-state index >= 15 is 0 Å². The summed E-state index contributed by atoms with van der Waals surface area (Å²) in [7, 11) is 0. The first-order valence-corrected chi connectivity index (χ1v) is 16.7. The maximum Gasteiger partial charge on any atom is 0.433 e. The number of rotatable bonds is 13. The van der Waals surface area contributed by atoms with Crippen molar-refractivity contribution in [2.45, 2.75) is 111 Å². The highest BCUT2D eigenvalue weighted by Gasteiger charge is 2.53. The lowest BCUT2D eigenvalue weighted by Gasteiger charge is -2.48. The first kappa shape index (κ1) is 39.6. The van der Waals surface area contributed by atoms with E-state index in [1.165, 1.54) is 12.1 Å². The summed E-state index contributed by atoms with van der Waals surface area (Å²) in [6, 6.07) is 3.07. The number of halogens is 3. The van der Waals surface area contributed by atoms with Gasteiger partial charge in [0.15, 0.2) is 5.71 Å². The van der Waals surface area contributed by atoms with Gasteiger partial charge in [0.1, 0.15) is 23.4 Å². The summed E-state index contributed by atoms with van der Waals surface area (Å²) in [6.07, 6.45) is 3.57. The number of aliphatic imine (C=N–C) groups is 1. The molecule has 13 heteroatoms. The van der Waals surface area contributed by atoms with Crippen LogP contribution in [0.25, 0.3) is 0 Å². The molecule has 2 heterocycles. The second-order valence-corrected chi connectivity index (χ2v) is 15.2. The molecule has 0 bridgehead atoms. The Balaban J connectivity index is 2.10. The zero-order valence-corrected chi connectivity index (χ0v) is 29.9. The minimum atomic E-state index is -4.67. The van der Waals surface area contributed by atoms with E-state index in [1.807, 2.05) is 6.08 Å². The lowest BCUT2D eigenvalue weighted by Crippen LogP contribution is -2.55. The lowest BCUT2D eigenvalue weighted by molar-refractivity contribution is -0.141. The molecule has 1 aromatic heterocycles. The first-order valence-electron chi connectivity index (χ1n) is 16.7. The monoisotopic (exact) mass is 686 g/mol. The summed E-state index contributed by atoms with van der Waals surface area (Å²) >= 11 is 0. The van der Waals surface area contributed by atoms with Crippen LogP contribution in [0, 0.1) is 16.7 Å². The van der Waals surface area contributed by atoms with E-state index in [1.54, 1.807) is 24.0 Å². The Morgan fingerprint density at radius 3 is 2.39 bits per heavy atom. The van der Waals surface area contributed by atoms with Crippen molar-refractivity contribution >= 4 is 24.2 Å². The van der Waals surface area contributed by atoms with Crippen molar-refractivity contribution in [3.8, 4) is 0 Å². The number of amides is 1. The van der Waals surface area contributed by atoms with Crippen LogP contribution in [0.15, 0.2) is 69.3 Å². The van der Waals surface area contributed by atoms with Gasteiger partial charge in [0.2, 0.25) is 0 Å². The van der Waals surface area contributed by atoms with Gasteiger partial charge in [-0.25, -0.2) is 9.98 Å². The molecule has 1 aliphatic carbocycles. The first-order chi connectivity index (χ1) is 22.7. The number of amidine groups is 1. The predicted molar refractivity (Wildman–Crippen MR) is 190 cm³/mol. The van der Waals surface area contributed by atoms with Crippen molar-refractivity contribution in [1.29, 1.82) is 0 Å². The Kier molecular flexibility index (Phi) is 12.8. The highest BCUT2D eigenvalue weighted by atomic mass is 19.4. The number of hydrazone groups is 2. The second-order valence-electron chi connectivity index (χ2n) is 15.2. The van der Waals surface area contributed by atoms with Crippen LogP contribution in [0.5, 0.6) is 0 Å². The number of alkyl halides is 3. The van der Waals surface area contributed by atoms with E-state index < -0.39 is 35.7 Å². The number of carbonyl (C=O) groups excluding carboxylic acids is 1. The number of carbonyl (C=O) groups is 1. The van der Waals surface area contributed by atoms with E-state index in [0.29, 0.717) is 30.8 Å². The number of aliphatic hydroxyl groups is 1. The van der Waals surface area contributed by atoms with Gasteiger partial charge in [-0.2, -0.15) is 23.8 Å². The molecule has 1 fully saturated rings. The van der Waals surface area contributed by atoms with Crippen LogP contribution in [0.3, 0.4) is 0 Å². The third-order valence-electron chi connectivity index (χ3n) is 9.29. The number of nitrogens with one attached hydrogen (secondary N) is 2. The second kappa shape index (κ2) is 15.8. The van der Waals surface area contributed by atoms with Gasteiger partial charge in [-0.15, -0.1) is 5.10 Å². The Morgan fingerprint density at radius 1 is 1.18 bits per heavy atom. The number of nitrogens with zero attached hydrogens (tertiary/aromatic N) is 5. The van der Waals surface area contributed by atoms with Crippen LogP contribution in [-0.2, 0) is 11.0 Å². The average Bonchev–Trinajstić information content (AvgIpc) is 3.29. The zero-order chi connectivity index (χ0) is 36.8. The maximum atomic E-state index is 14.6. The molecule has 1 aromatic rings. The minimum Gasteiger partial charge on any atom is -0.385 e. The molecule has 0 radical (unpaired) electrons. The zero-order valence-electron chi connectivity index (χ0n) is 29.9. The number of nitrogens with two attached hydrogens (primary N) is 1. The molecule has 1 amide bonds. The molecule has 49 heavy (non-hydrogen) atoms. The normalized spacial score (nSPS) is 22.6. The average molecular weight is 687 g/mol. The van der Waals surface area contributed by atoms with Crippen LogP contribution >= 0.6 is 0 Å². The third kappa shape index (κ3) is 10.3. The molecular weight excluding hydrogens is 633 g/mol. The van der Waals surface area contributed by atoms with Crippen LogP contribution < -0.4 is 16.6 Å². The van der Waals surface area contributed by atoms with Gasteiger partial charge in [-0.3, -0.25) is 10.1 Å². The van der Waals surface area contributed by atoms with E-state index in [9.17, 15) is 23.1 Å². The molecule has 1 aliphatic heterocycles. The fourth-order valence-corrected chi connectivity index (χ4v) is 6.38. The van der Waals surface area contributed by atoms with Crippen LogP contribution in [0.2, 0.25) is 0 Å². The van der Waals surface area contributed by atoms with Gasteiger partial charge >= 0.3 is 6.18 Å². The van der Waals surface area contributed by atoms with Crippen molar-refractivity contribution in [3.63, 3.8) is 0 Å². The summed E-state index contributed by atoms with van der Waals surface area (Å²) in [4.78, 5) is 25.3. The Morgan fingerprint density at radius 2 is 1.84 bits per heavy atom. The van der Waals surface area contributed by atoms with E-state index in [2.05, 4.69) is 80.9 Å². The van der Waals surface area contributed by atoms with Crippen molar-refractivity contribution < 1.29 is 23.1 Å². The van der Waals surface area contributed by atoms with Crippen LogP contribution in [-0.4, -0.2) is 63.6 Å². The Bertz CT molecular complexity index is 1480. The van der Waals surface area contributed by atoms with Gasteiger partial charge in [-0.1, -0.05) is 72.4 Å². The summed E-state index contributed by atoms with van der Waals surface area (Å²) in [5.74, 6) is 0.104. The molecule has 1 spiro atoms. The summed E-state index contributed by atoms with van der Waals surface area (Å²) < 4.78 is 41.1. The molecule has 5 N–H and O–H groups in total. The quantitative estimate of drug-likeness (QED) is 0.0631. The van der Waals surface area contributed by atoms with Gasteiger partial charge < -0.3 is 15.7 Å². The number of hydrogen-bond acceptors (Lipinski definition) is 8. The smallest absolute Gasteiger partial charge is 0.385 e. The van der Waals surface area contributed by atoms with Crippen LogP contribution in [0.4, 0.5) is 13.2 Å². The molecule has 0 aromatic carbocycles. The standard InChI is InChI=1S/C36H53F3N8O2/c1-10-24(15-14-23(2)31(48)42-22-29(40)45-46-41-9)27(18-19-33(3,4)5)47-32(49)30(26-12-11-13-28(43-26)36(37,38)39)44-35(47)20-16-25(17-21-35)34(6,7)8/h10-15,25,27,31,42,46,48H,1,9,16-22H2,2-8H3,(H2,40,45)/b23-14+,24-15+/t25?,27-,31?,35?/m1/s1. The molecule has 10 nitrogen and oxygen atoms in total. The fraction of sp³-hybridized carbons (Fsp3) is 0.583. The summed E-state index contributed by atoms with van der Waals surface area (Å²) in [5, 5.41) is 20.8. The van der Waals surface area contributed by atoms with Gasteiger partial charge in [0, 0.05) is 6.72 Å². The van der Waals surface area contributed by atoms with Gasteiger partial charge in [0.25, 0.3) is 5.91 Å². The Labute approximate surface area is 288 Å². The molecule has 0 saturated heterocycles. The number of allylic oxidation sites excluding steroid dienone is 2. The van der Waals surface area contributed by atoms with Crippen molar-refractivity contribution in [3.05, 3.63) is 65.5 Å². The van der Waals surface area contributed by atoms with E-state index in [-0.39, 0.29) is 34.6 Å². The molecule has 2 atom stereocenters. The predicted octanol–water partition coefficient (Wildman–Crippen LogP) is 6.30. The lowest BCUT2D eigenvalue weighted by atomic mass is 9.69. The number of hydrogen-bond donors (Lipinski definition) is 4. The van der Waals surface area contributed by atoms with Crippen LogP contribution in [0.1, 0.15) is 98.4 Å². The highest BCUT2D eigenvalue weighted by molar-refractivity contribution is 6.46. The molecule has 3 rings (SSSR count). The molecular formula is C36H53F3N8O2. The summed E-state index contributed by atoms with van der Waals surface area (Å²) in [5.41, 5.74) is 7.16. The summed E-state index contributed by atoms with van der Waals surface area (Å²) in [6.45, 7) is 22.1. The number of pyridine rings is 1. The largest absolute Gasteiger partial charge is 0.433 e. The molecule has 1 unspecified atom stereocenters. The SMILES string of the molecule is C=C/C(=C\C=C(/C)C(O)NC/C(N)=N/NN=C)[C@@H](CCC(C)(C)C)N1C(=O)C(c2cccc(C(F)(F)F)n2)=NC12CCC(C(C)(C)C)CC2. The van der Waals surface area contributed by atoms with E-state index in [4.69, 9.17) is 10.7 Å². The number of aromatic nitrogens is 1. The van der Waals surface area contributed by atoms with Gasteiger partial charge in [0.05, 0.1) is 18.3 Å².